The maximum absolute atomic E-state index is 13.4. The number of fused-ring (bicyclic) bond motifs is 2. The standard InChI is InChI=1S/C25H24N4O3S/c1-17-7-8-23(32-2)24(13-17)33(30,31)29-12-10-21-19(16-29)9-11-26-25(21)28-20-14-18-5-3-4-6-22(18)27-15-20/h3-9,11,13-15H,10,12,16H2,1-2H3,(H,26,28). The minimum Gasteiger partial charge on any atom is -0.495 e. The number of benzene rings is 2. The number of anilines is 2. The highest BCUT2D eigenvalue weighted by atomic mass is 32.2. The largest absolute Gasteiger partial charge is 0.495 e. The summed E-state index contributed by atoms with van der Waals surface area (Å²) in [6.07, 6.45) is 4.05. The number of nitrogens with zero attached hydrogens (tertiary/aromatic N) is 3. The number of ether oxygens (including phenoxy) is 1. The van der Waals surface area contributed by atoms with Gasteiger partial charge in [0.2, 0.25) is 10.0 Å². The molecule has 8 heteroatoms. The summed E-state index contributed by atoms with van der Waals surface area (Å²) in [6, 6.07) is 17.1. The van der Waals surface area contributed by atoms with E-state index in [2.05, 4.69) is 15.3 Å². The van der Waals surface area contributed by atoms with Gasteiger partial charge in [-0.05, 0) is 54.8 Å². The Hall–Kier alpha value is -3.49. The molecule has 2 aromatic carbocycles. The van der Waals surface area contributed by atoms with Gasteiger partial charge in [-0.2, -0.15) is 4.31 Å². The fourth-order valence-corrected chi connectivity index (χ4v) is 5.84. The van der Waals surface area contributed by atoms with E-state index < -0.39 is 10.0 Å². The fourth-order valence-electron chi connectivity index (χ4n) is 4.18. The Bertz CT molecular complexity index is 1450. The van der Waals surface area contributed by atoms with Crippen LogP contribution in [0.3, 0.4) is 0 Å². The van der Waals surface area contributed by atoms with E-state index in [4.69, 9.17) is 4.74 Å². The van der Waals surface area contributed by atoms with Crippen LogP contribution in [-0.4, -0.2) is 36.3 Å². The molecule has 0 spiro atoms. The number of methoxy groups -OCH3 is 1. The summed E-state index contributed by atoms with van der Waals surface area (Å²) in [7, 11) is -2.22. The number of nitrogens with one attached hydrogen (secondary N) is 1. The molecule has 4 aromatic rings. The van der Waals surface area contributed by atoms with Crippen molar-refractivity contribution < 1.29 is 13.2 Å². The lowest BCUT2D eigenvalue weighted by Gasteiger charge is -2.29. The molecule has 1 aliphatic rings. The summed E-state index contributed by atoms with van der Waals surface area (Å²) < 4.78 is 33.7. The fraction of sp³-hybridized carbons (Fsp3) is 0.200. The molecule has 0 saturated heterocycles. The molecule has 1 N–H and O–H groups in total. The van der Waals surface area contributed by atoms with Gasteiger partial charge in [0.25, 0.3) is 0 Å². The maximum atomic E-state index is 13.4. The van der Waals surface area contributed by atoms with E-state index in [1.54, 1.807) is 24.5 Å². The van der Waals surface area contributed by atoms with Crippen molar-refractivity contribution >= 4 is 32.4 Å². The Balaban J connectivity index is 1.44. The van der Waals surface area contributed by atoms with Crippen LogP contribution in [0.1, 0.15) is 16.7 Å². The first-order valence-corrected chi connectivity index (χ1v) is 12.1. The van der Waals surface area contributed by atoms with Gasteiger partial charge in [0.1, 0.15) is 16.5 Å². The van der Waals surface area contributed by atoms with Gasteiger partial charge in [0.15, 0.2) is 0 Å². The minimum absolute atomic E-state index is 0.197. The van der Waals surface area contributed by atoms with E-state index in [9.17, 15) is 8.42 Å². The minimum atomic E-state index is -3.71. The third-order valence-electron chi connectivity index (χ3n) is 5.90. The van der Waals surface area contributed by atoms with Crippen molar-refractivity contribution in [3.63, 3.8) is 0 Å². The topological polar surface area (TPSA) is 84.4 Å². The molecule has 7 nitrogen and oxygen atoms in total. The molecule has 0 amide bonds. The predicted molar refractivity (Wildman–Crippen MR) is 128 cm³/mol. The predicted octanol–water partition coefficient (Wildman–Crippen LogP) is 4.44. The summed E-state index contributed by atoms with van der Waals surface area (Å²) in [6.45, 7) is 2.51. The summed E-state index contributed by atoms with van der Waals surface area (Å²) in [5.41, 5.74) is 4.59. The Labute approximate surface area is 193 Å². The van der Waals surface area contributed by atoms with Crippen molar-refractivity contribution in [2.45, 2.75) is 24.8 Å². The first kappa shape index (κ1) is 21.4. The van der Waals surface area contributed by atoms with E-state index in [1.165, 1.54) is 11.4 Å². The Morgan fingerprint density at radius 3 is 2.76 bits per heavy atom. The Morgan fingerprint density at radius 2 is 1.91 bits per heavy atom. The van der Waals surface area contributed by atoms with Crippen molar-refractivity contribution in [3.8, 4) is 5.75 Å². The van der Waals surface area contributed by atoms with Gasteiger partial charge in [-0.25, -0.2) is 13.4 Å². The van der Waals surface area contributed by atoms with Crippen LogP contribution in [0.25, 0.3) is 10.9 Å². The molecule has 0 bridgehead atoms. The van der Waals surface area contributed by atoms with E-state index >= 15 is 0 Å². The van der Waals surface area contributed by atoms with Crippen molar-refractivity contribution in [3.05, 3.63) is 83.7 Å². The highest BCUT2D eigenvalue weighted by molar-refractivity contribution is 7.89. The number of pyridine rings is 2. The van der Waals surface area contributed by atoms with Crippen LogP contribution < -0.4 is 10.1 Å². The molecule has 1 aliphatic heterocycles. The number of hydrogen-bond donors (Lipinski definition) is 1. The summed E-state index contributed by atoms with van der Waals surface area (Å²) in [4.78, 5) is 9.22. The molecule has 0 unspecified atom stereocenters. The molecular weight excluding hydrogens is 436 g/mol. The second-order valence-corrected chi connectivity index (χ2v) is 9.99. The molecule has 33 heavy (non-hydrogen) atoms. The Kier molecular flexibility index (Phi) is 5.47. The summed E-state index contributed by atoms with van der Waals surface area (Å²) in [5.74, 6) is 1.09. The maximum Gasteiger partial charge on any atom is 0.247 e. The molecule has 0 atom stereocenters. The molecule has 0 fully saturated rings. The summed E-state index contributed by atoms with van der Waals surface area (Å²) in [5, 5.41) is 4.41. The summed E-state index contributed by atoms with van der Waals surface area (Å²) >= 11 is 0. The van der Waals surface area contributed by atoms with E-state index in [0.717, 1.165) is 39.1 Å². The van der Waals surface area contributed by atoms with Crippen molar-refractivity contribution in [1.82, 2.24) is 14.3 Å². The second-order valence-electron chi connectivity index (χ2n) is 8.08. The third-order valence-corrected chi connectivity index (χ3v) is 7.77. The number of sulfonamides is 1. The smallest absolute Gasteiger partial charge is 0.247 e. The van der Waals surface area contributed by atoms with Gasteiger partial charge in [-0.15, -0.1) is 0 Å². The zero-order valence-corrected chi connectivity index (χ0v) is 19.3. The molecule has 5 rings (SSSR count). The quantitative estimate of drug-likeness (QED) is 0.474. The van der Waals surface area contributed by atoms with Crippen LogP contribution in [0, 0.1) is 6.92 Å². The van der Waals surface area contributed by atoms with Crippen molar-refractivity contribution in [2.24, 2.45) is 0 Å². The highest BCUT2D eigenvalue weighted by Crippen LogP contribution is 2.33. The van der Waals surface area contributed by atoms with E-state index in [-0.39, 0.29) is 11.4 Å². The molecule has 2 aromatic heterocycles. The lowest BCUT2D eigenvalue weighted by Crippen LogP contribution is -2.36. The van der Waals surface area contributed by atoms with Gasteiger partial charge in [0, 0.05) is 30.2 Å². The first-order chi connectivity index (χ1) is 16.0. The van der Waals surface area contributed by atoms with Crippen LogP contribution in [-0.2, 0) is 23.0 Å². The molecule has 0 radical (unpaired) electrons. The van der Waals surface area contributed by atoms with Crippen LogP contribution >= 0.6 is 0 Å². The van der Waals surface area contributed by atoms with E-state index in [1.807, 2.05) is 49.4 Å². The van der Waals surface area contributed by atoms with Crippen molar-refractivity contribution in [2.75, 3.05) is 19.0 Å². The van der Waals surface area contributed by atoms with Crippen LogP contribution in [0.4, 0.5) is 11.5 Å². The van der Waals surface area contributed by atoms with Crippen LogP contribution in [0.15, 0.2) is 71.9 Å². The molecule has 168 valence electrons. The average molecular weight is 461 g/mol. The van der Waals surface area contributed by atoms with Gasteiger partial charge in [-0.3, -0.25) is 4.98 Å². The monoisotopic (exact) mass is 460 g/mol. The third kappa shape index (κ3) is 4.03. The number of aromatic nitrogens is 2. The van der Waals surface area contributed by atoms with Gasteiger partial charge >= 0.3 is 0 Å². The normalized spacial score (nSPS) is 14.1. The first-order valence-electron chi connectivity index (χ1n) is 10.7. The van der Waals surface area contributed by atoms with E-state index in [0.29, 0.717) is 18.7 Å². The molecule has 0 aliphatic carbocycles. The van der Waals surface area contributed by atoms with Crippen LogP contribution in [0.2, 0.25) is 0 Å². The number of hydrogen-bond acceptors (Lipinski definition) is 6. The number of aryl methyl sites for hydroxylation is 1. The highest BCUT2D eigenvalue weighted by Gasteiger charge is 2.32. The van der Waals surface area contributed by atoms with Gasteiger partial charge in [0.05, 0.1) is 24.5 Å². The number of rotatable bonds is 5. The molecular formula is C25H24N4O3S. The molecule has 3 heterocycles. The van der Waals surface area contributed by atoms with Crippen LogP contribution in [0.5, 0.6) is 5.75 Å². The zero-order valence-electron chi connectivity index (χ0n) is 18.4. The van der Waals surface area contributed by atoms with Gasteiger partial charge < -0.3 is 10.1 Å². The second kappa shape index (κ2) is 8.46. The Morgan fingerprint density at radius 1 is 1.06 bits per heavy atom. The lowest BCUT2D eigenvalue weighted by molar-refractivity contribution is 0.377. The molecule has 0 saturated carbocycles. The average Bonchev–Trinajstić information content (AvgIpc) is 2.84. The SMILES string of the molecule is COc1ccc(C)cc1S(=O)(=O)N1CCc2c(ccnc2Nc2cnc3ccccc3c2)C1. The van der Waals surface area contributed by atoms with Crippen molar-refractivity contribution in [1.29, 1.82) is 0 Å². The zero-order chi connectivity index (χ0) is 23.0. The van der Waals surface area contributed by atoms with Gasteiger partial charge in [-0.1, -0.05) is 24.3 Å². The number of para-hydroxylation sites is 1. The lowest BCUT2D eigenvalue weighted by atomic mass is 10.0.